The molecule has 0 N–H and O–H groups in total. The first kappa shape index (κ1) is 15.5. The van der Waals surface area contributed by atoms with Crippen molar-refractivity contribution in [3.63, 3.8) is 0 Å². The molecule has 0 radical (unpaired) electrons. The van der Waals surface area contributed by atoms with Gasteiger partial charge in [-0.1, -0.05) is 15.9 Å². The van der Waals surface area contributed by atoms with Crippen molar-refractivity contribution in [1.82, 2.24) is 4.98 Å². The van der Waals surface area contributed by atoms with Gasteiger partial charge in [0.25, 0.3) is 6.43 Å². The van der Waals surface area contributed by atoms with Gasteiger partial charge in [0.2, 0.25) is 0 Å². The molecule has 0 amide bonds. The monoisotopic (exact) mass is 332 g/mol. The van der Waals surface area contributed by atoms with Crippen LogP contribution in [0.25, 0.3) is 0 Å². The van der Waals surface area contributed by atoms with Gasteiger partial charge in [-0.15, -0.1) is 0 Å². The number of hydrogen-bond acceptors (Lipinski definition) is 4. The number of hydrogen-bond donors (Lipinski definition) is 0. The summed E-state index contributed by atoms with van der Waals surface area (Å²) in [6.07, 6.45) is -3.07. The van der Waals surface area contributed by atoms with Crippen molar-refractivity contribution in [1.29, 1.82) is 5.26 Å². The first-order chi connectivity index (χ1) is 9.03. The molecular weight excluding hydrogens is 322 g/mol. The van der Waals surface area contributed by atoms with E-state index in [1.807, 2.05) is 0 Å². The fourth-order valence-corrected chi connectivity index (χ4v) is 2.03. The summed E-state index contributed by atoms with van der Waals surface area (Å²) in [4.78, 5) is 15.2. The Kier molecular flexibility index (Phi) is 5.83. The standard InChI is InChI=1S/C12H11BrF2N2O2/c1-2-19-10(18)4-7-3-8(6-16)17-9(5-13)11(7)12(14)15/h3,12H,2,4-5H2,1H3. The largest absolute Gasteiger partial charge is 0.466 e. The second-order valence-electron chi connectivity index (χ2n) is 3.55. The number of nitrogens with zero attached hydrogens (tertiary/aromatic N) is 2. The molecule has 0 atom stereocenters. The molecule has 1 aromatic rings. The summed E-state index contributed by atoms with van der Waals surface area (Å²) in [5.74, 6) is -0.611. The van der Waals surface area contributed by atoms with Gasteiger partial charge < -0.3 is 4.74 Å². The van der Waals surface area contributed by atoms with Gasteiger partial charge in [0.1, 0.15) is 11.8 Å². The van der Waals surface area contributed by atoms with Crippen LogP contribution in [0.4, 0.5) is 8.78 Å². The molecule has 4 nitrogen and oxygen atoms in total. The van der Waals surface area contributed by atoms with E-state index >= 15 is 0 Å². The lowest BCUT2D eigenvalue weighted by atomic mass is 10.0. The molecule has 1 aromatic heterocycles. The van der Waals surface area contributed by atoms with Crippen LogP contribution in [-0.2, 0) is 21.3 Å². The van der Waals surface area contributed by atoms with E-state index in [0.29, 0.717) is 0 Å². The van der Waals surface area contributed by atoms with Crippen molar-refractivity contribution < 1.29 is 18.3 Å². The number of esters is 1. The molecule has 0 fully saturated rings. The van der Waals surface area contributed by atoms with Crippen LogP contribution in [0, 0.1) is 11.3 Å². The average Bonchev–Trinajstić information content (AvgIpc) is 2.37. The third kappa shape index (κ3) is 3.96. The van der Waals surface area contributed by atoms with Crippen LogP contribution in [0.5, 0.6) is 0 Å². The third-order valence-corrected chi connectivity index (χ3v) is 2.85. The minimum atomic E-state index is -2.77. The van der Waals surface area contributed by atoms with Crippen molar-refractivity contribution in [3.8, 4) is 6.07 Å². The number of aromatic nitrogens is 1. The Morgan fingerprint density at radius 3 is 2.79 bits per heavy atom. The van der Waals surface area contributed by atoms with Gasteiger partial charge in [0.15, 0.2) is 0 Å². The van der Waals surface area contributed by atoms with Crippen molar-refractivity contribution in [2.75, 3.05) is 6.61 Å². The van der Waals surface area contributed by atoms with E-state index < -0.39 is 12.4 Å². The number of pyridine rings is 1. The maximum absolute atomic E-state index is 13.1. The van der Waals surface area contributed by atoms with Crippen LogP contribution in [-0.4, -0.2) is 17.6 Å². The highest BCUT2D eigenvalue weighted by Crippen LogP contribution is 2.28. The lowest BCUT2D eigenvalue weighted by Gasteiger charge is -2.12. The molecular formula is C12H11BrF2N2O2. The number of nitriles is 1. The SMILES string of the molecule is CCOC(=O)Cc1cc(C#N)nc(CBr)c1C(F)F. The summed E-state index contributed by atoms with van der Waals surface area (Å²) < 4.78 is 30.8. The lowest BCUT2D eigenvalue weighted by Crippen LogP contribution is -2.12. The molecule has 19 heavy (non-hydrogen) atoms. The van der Waals surface area contributed by atoms with E-state index in [0.717, 1.165) is 0 Å². The van der Waals surface area contributed by atoms with Crippen molar-refractivity contribution >= 4 is 21.9 Å². The summed E-state index contributed by atoms with van der Waals surface area (Å²) in [6, 6.07) is 2.98. The molecule has 0 aromatic carbocycles. The summed E-state index contributed by atoms with van der Waals surface area (Å²) in [5.41, 5.74) is -0.176. The van der Waals surface area contributed by atoms with Gasteiger partial charge in [0, 0.05) is 10.9 Å². The molecule has 1 rings (SSSR count). The topological polar surface area (TPSA) is 63.0 Å². The Morgan fingerprint density at radius 2 is 2.32 bits per heavy atom. The Labute approximate surface area is 117 Å². The van der Waals surface area contributed by atoms with Crippen LogP contribution in [0.15, 0.2) is 6.07 Å². The highest BCUT2D eigenvalue weighted by molar-refractivity contribution is 9.08. The Balaban J connectivity index is 3.26. The van der Waals surface area contributed by atoms with Crippen LogP contribution in [0.2, 0.25) is 0 Å². The normalized spacial score (nSPS) is 10.3. The molecule has 0 bridgehead atoms. The Morgan fingerprint density at radius 1 is 1.63 bits per heavy atom. The maximum Gasteiger partial charge on any atom is 0.310 e. The zero-order valence-corrected chi connectivity index (χ0v) is 11.7. The van der Waals surface area contributed by atoms with Gasteiger partial charge in [-0.2, -0.15) is 5.26 Å². The molecule has 0 saturated carbocycles. The Hall–Kier alpha value is -1.55. The molecule has 7 heteroatoms. The van der Waals surface area contributed by atoms with E-state index in [-0.39, 0.29) is 40.9 Å². The smallest absolute Gasteiger partial charge is 0.310 e. The second kappa shape index (κ2) is 7.14. The molecule has 0 aliphatic heterocycles. The highest BCUT2D eigenvalue weighted by atomic mass is 79.9. The van der Waals surface area contributed by atoms with Gasteiger partial charge in [-0.25, -0.2) is 13.8 Å². The molecule has 102 valence electrons. The first-order valence-corrected chi connectivity index (χ1v) is 6.58. The van der Waals surface area contributed by atoms with Crippen molar-refractivity contribution in [2.24, 2.45) is 0 Å². The highest BCUT2D eigenvalue weighted by Gasteiger charge is 2.22. The van der Waals surface area contributed by atoms with Crippen LogP contribution in [0.3, 0.4) is 0 Å². The van der Waals surface area contributed by atoms with Gasteiger partial charge >= 0.3 is 5.97 Å². The fraction of sp³-hybridized carbons (Fsp3) is 0.417. The van der Waals surface area contributed by atoms with Crippen molar-refractivity contribution in [2.45, 2.75) is 25.1 Å². The minimum Gasteiger partial charge on any atom is -0.466 e. The average molecular weight is 333 g/mol. The molecule has 0 unspecified atom stereocenters. The zero-order valence-electron chi connectivity index (χ0n) is 10.1. The molecule has 0 spiro atoms. The van der Waals surface area contributed by atoms with Crippen LogP contribution in [0.1, 0.15) is 35.9 Å². The number of halogens is 3. The predicted molar refractivity (Wildman–Crippen MR) is 66.9 cm³/mol. The zero-order chi connectivity index (χ0) is 14.4. The van der Waals surface area contributed by atoms with Gasteiger partial charge in [0.05, 0.1) is 18.7 Å². The second-order valence-corrected chi connectivity index (χ2v) is 4.12. The van der Waals surface area contributed by atoms with E-state index in [1.54, 1.807) is 13.0 Å². The number of carbonyl (C=O) groups excluding carboxylic acids is 1. The summed E-state index contributed by atoms with van der Waals surface area (Å²) in [6.45, 7) is 1.80. The lowest BCUT2D eigenvalue weighted by molar-refractivity contribution is -0.142. The molecule has 0 aliphatic carbocycles. The van der Waals surface area contributed by atoms with Crippen LogP contribution < -0.4 is 0 Å². The van der Waals surface area contributed by atoms with E-state index in [4.69, 9.17) is 10.00 Å². The summed E-state index contributed by atoms with van der Waals surface area (Å²) in [7, 11) is 0. The third-order valence-electron chi connectivity index (χ3n) is 2.32. The number of ether oxygens (including phenoxy) is 1. The summed E-state index contributed by atoms with van der Waals surface area (Å²) in [5, 5.41) is 8.90. The summed E-state index contributed by atoms with van der Waals surface area (Å²) >= 11 is 3.05. The predicted octanol–water partition coefficient (Wildman–Crippen LogP) is 2.89. The Bertz CT molecular complexity index is 515. The van der Waals surface area contributed by atoms with Gasteiger partial charge in [-0.3, -0.25) is 4.79 Å². The van der Waals surface area contributed by atoms with E-state index in [9.17, 15) is 13.6 Å². The minimum absolute atomic E-state index is 0.00171. The fourth-order valence-electron chi connectivity index (χ4n) is 1.61. The van der Waals surface area contributed by atoms with Gasteiger partial charge in [-0.05, 0) is 18.6 Å². The van der Waals surface area contributed by atoms with Crippen molar-refractivity contribution in [3.05, 3.63) is 28.6 Å². The molecule has 0 aliphatic rings. The first-order valence-electron chi connectivity index (χ1n) is 5.46. The molecule has 0 saturated heterocycles. The quantitative estimate of drug-likeness (QED) is 0.614. The van der Waals surface area contributed by atoms with E-state index in [1.165, 1.54) is 6.07 Å². The number of alkyl halides is 3. The van der Waals surface area contributed by atoms with Crippen LogP contribution >= 0.6 is 15.9 Å². The number of carbonyl (C=O) groups is 1. The maximum atomic E-state index is 13.1. The number of rotatable bonds is 5. The molecule has 1 heterocycles. The van der Waals surface area contributed by atoms with E-state index in [2.05, 4.69) is 20.9 Å².